The molecule has 3 N–H and O–H groups in total. The third-order valence-electron chi connectivity index (χ3n) is 5.07. The fourth-order valence-corrected chi connectivity index (χ4v) is 3.48. The van der Waals surface area contributed by atoms with Gasteiger partial charge in [0.1, 0.15) is 17.3 Å². The monoisotopic (exact) mass is 370 g/mol. The molecule has 2 aromatic heterocycles. The zero-order chi connectivity index (χ0) is 19.5. The van der Waals surface area contributed by atoms with Gasteiger partial charge in [0.2, 0.25) is 0 Å². The maximum absolute atomic E-state index is 11.0. The minimum Gasteiger partial charge on any atom is -0.505 e. The fourth-order valence-electron chi connectivity index (χ4n) is 3.48. The molecule has 0 aliphatic heterocycles. The van der Waals surface area contributed by atoms with Crippen LogP contribution < -0.4 is 10.3 Å². The number of benzene rings is 2. The molecule has 2 aromatic carbocycles. The number of nitrogens with one attached hydrogen (secondary N) is 2. The number of rotatable bonds is 5. The molecule has 0 spiro atoms. The predicted octanol–water partition coefficient (Wildman–Crippen LogP) is 4.83. The van der Waals surface area contributed by atoms with Crippen molar-refractivity contribution in [3.05, 3.63) is 95.3 Å². The van der Waals surface area contributed by atoms with Gasteiger partial charge in [-0.15, -0.1) is 0 Å². The number of phenols is 1. The molecule has 0 saturated heterocycles. The first-order chi connectivity index (χ1) is 13.7. The lowest BCUT2D eigenvalue weighted by Crippen LogP contribution is -2.19. The van der Waals surface area contributed by atoms with Crippen LogP contribution in [0.4, 0.5) is 5.82 Å². The number of nitrogens with zero attached hydrogens (tertiary/aromatic N) is 1. The molecule has 0 radical (unpaired) electrons. The van der Waals surface area contributed by atoms with Crippen molar-refractivity contribution < 1.29 is 10.1 Å². The van der Waals surface area contributed by atoms with E-state index in [0.29, 0.717) is 5.52 Å². The standard InChI is InChI=1S/C24H23N3O/c1-3-17-6-8-19(9-7-17)22(27-21-15-16(2)12-14-25-21)20-11-10-18-5-4-13-26-23(18)24(20)28/h4-15,22,28H,3H2,1-2H3,(H,25,27)/p+1/t22-/m1/s1. The Hall–Kier alpha value is -3.40. The highest BCUT2D eigenvalue weighted by molar-refractivity contribution is 5.85. The van der Waals surface area contributed by atoms with Gasteiger partial charge in [-0.1, -0.05) is 43.3 Å². The van der Waals surface area contributed by atoms with Crippen LogP contribution in [0.3, 0.4) is 0 Å². The number of aromatic hydroxyl groups is 1. The van der Waals surface area contributed by atoms with Gasteiger partial charge in [-0.3, -0.25) is 10.3 Å². The van der Waals surface area contributed by atoms with Crippen LogP contribution in [0.2, 0.25) is 0 Å². The summed E-state index contributed by atoms with van der Waals surface area (Å²) in [5, 5.41) is 15.5. The molecule has 0 aliphatic rings. The Morgan fingerprint density at radius 2 is 1.89 bits per heavy atom. The quantitative estimate of drug-likeness (QED) is 0.529. The van der Waals surface area contributed by atoms with Crippen molar-refractivity contribution in [2.45, 2.75) is 26.3 Å². The maximum Gasteiger partial charge on any atom is 0.273 e. The van der Waals surface area contributed by atoms with Gasteiger partial charge in [0.25, 0.3) is 5.82 Å². The smallest absolute Gasteiger partial charge is 0.273 e. The molecule has 4 nitrogen and oxygen atoms in total. The average Bonchev–Trinajstić information content (AvgIpc) is 2.73. The van der Waals surface area contributed by atoms with Gasteiger partial charge in [0.15, 0.2) is 0 Å². The van der Waals surface area contributed by atoms with Crippen molar-refractivity contribution in [2.75, 3.05) is 5.32 Å². The minimum absolute atomic E-state index is 0.211. The summed E-state index contributed by atoms with van der Waals surface area (Å²) in [7, 11) is 0. The van der Waals surface area contributed by atoms with Crippen LogP contribution in [0.1, 0.15) is 35.2 Å². The second-order valence-corrected chi connectivity index (χ2v) is 7.03. The van der Waals surface area contributed by atoms with Gasteiger partial charge in [0, 0.05) is 28.8 Å². The van der Waals surface area contributed by atoms with Crippen molar-refractivity contribution in [1.82, 2.24) is 4.98 Å². The number of aryl methyl sites for hydroxylation is 2. The number of H-pyrrole nitrogens is 1. The number of phenolic OH excluding ortho intramolecular Hbond substituents is 1. The predicted molar refractivity (Wildman–Crippen MR) is 112 cm³/mol. The second-order valence-electron chi connectivity index (χ2n) is 7.03. The SMILES string of the molecule is CCc1ccc([C@@H](Nc2cc(C)cc[nH+]2)c2ccc3cccnc3c2O)cc1. The zero-order valence-electron chi connectivity index (χ0n) is 16.1. The van der Waals surface area contributed by atoms with Crippen molar-refractivity contribution in [3.8, 4) is 5.75 Å². The van der Waals surface area contributed by atoms with Crippen LogP contribution in [0, 0.1) is 6.92 Å². The third-order valence-corrected chi connectivity index (χ3v) is 5.07. The molecule has 0 aliphatic carbocycles. The first kappa shape index (κ1) is 18.0. The molecule has 4 rings (SSSR count). The summed E-state index contributed by atoms with van der Waals surface area (Å²) in [5.74, 6) is 1.10. The Kier molecular flexibility index (Phi) is 4.94. The first-order valence-corrected chi connectivity index (χ1v) is 9.56. The van der Waals surface area contributed by atoms with E-state index in [1.807, 2.05) is 36.5 Å². The number of fused-ring (bicyclic) bond motifs is 1. The Morgan fingerprint density at radius 1 is 1.07 bits per heavy atom. The van der Waals surface area contributed by atoms with Crippen LogP contribution >= 0.6 is 0 Å². The van der Waals surface area contributed by atoms with Crippen LogP contribution in [-0.4, -0.2) is 10.1 Å². The highest BCUT2D eigenvalue weighted by atomic mass is 16.3. The Bertz CT molecular complexity index is 1110. The van der Waals surface area contributed by atoms with Gasteiger partial charge in [-0.05, 0) is 42.7 Å². The lowest BCUT2D eigenvalue weighted by molar-refractivity contribution is -0.361. The third kappa shape index (κ3) is 3.54. The van der Waals surface area contributed by atoms with E-state index in [1.165, 1.54) is 5.56 Å². The summed E-state index contributed by atoms with van der Waals surface area (Å²) in [6.07, 6.45) is 4.62. The highest BCUT2D eigenvalue weighted by Crippen LogP contribution is 2.36. The van der Waals surface area contributed by atoms with E-state index >= 15 is 0 Å². The van der Waals surface area contributed by atoms with Crippen LogP contribution in [-0.2, 0) is 6.42 Å². The molecule has 0 bridgehead atoms. The summed E-state index contributed by atoms with van der Waals surface area (Å²) in [4.78, 5) is 7.63. The fraction of sp³-hybridized carbons (Fsp3) is 0.167. The van der Waals surface area contributed by atoms with Crippen molar-refractivity contribution >= 4 is 16.7 Å². The van der Waals surface area contributed by atoms with Crippen molar-refractivity contribution in [1.29, 1.82) is 0 Å². The molecule has 4 aromatic rings. The van der Waals surface area contributed by atoms with E-state index in [4.69, 9.17) is 0 Å². The number of aromatic amines is 1. The topological polar surface area (TPSA) is 59.3 Å². The summed E-state index contributed by atoms with van der Waals surface area (Å²) in [5.41, 5.74) is 4.94. The van der Waals surface area contributed by atoms with Crippen molar-refractivity contribution in [3.63, 3.8) is 0 Å². The largest absolute Gasteiger partial charge is 0.505 e. The number of hydrogen-bond acceptors (Lipinski definition) is 3. The van der Waals surface area contributed by atoms with E-state index in [1.54, 1.807) is 6.20 Å². The number of hydrogen-bond donors (Lipinski definition) is 2. The molecular weight excluding hydrogens is 346 g/mol. The molecule has 28 heavy (non-hydrogen) atoms. The molecule has 1 atom stereocenters. The summed E-state index contributed by atoms with van der Waals surface area (Å²) < 4.78 is 0. The van der Waals surface area contributed by atoms with Gasteiger partial charge >= 0.3 is 0 Å². The number of anilines is 1. The number of aromatic nitrogens is 2. The summed E-state index contributed by atoms with van der Waals surface area (Å²) >= 11 is 0. The van der Waals surface area contributed by atoms with Gasteiger partial charge < -0.3 is 5.11 Å². The second kappa shape index (κ2) is 7.69. The molecule has 0 saturated carbocycles. The lowest BCUT2D eigenvalue weighted by atomic mass is 9.95. The Balaban J connectivity index is 1.83. The van der Waals surface area contributed by atoms with Gasteiger partial charge in [-0.25, -0.2) is 4.98 Å². The average molecular weight is 370 g/mol. The van der Waals surface area contributed by atoms with Crippen LogP contribution in [0.15, 0.2) is 73.1 Å². The Morgan fingerprint density at radius 3 is 2.64 bits per heavy atom. The Labute approximate surface area is 164 Å². The first-order valence-electron chi connectivity index (χ1n) is 9.56. The summed E-state index contributed by atoms with van der Waals surface area (Å²) in [6, 6.07) is 20.2. The maximum atomic E-state index is 11.0. The van der Waals surface area contributed by atoms with Crippen molar-refractivity contribution in [2.24, 2.45) is 0 Å². The van der Waals surface area contributed by atoms with E-state index in [9.17, 15) is 5.11 Å². The van der Waals surface area contributed by atoms with E-state index < -0.39 is 0 Å². The van der Waals surface area contributed by atoms with Gasteiger partial charge in [0.05, 0.1) is 6.20 Å². The number of pyridine rings is 2. The van der Waals surface area contributed by atoms with E-state index in [-0.39, 0.29) is 11.8 Å². The van der Waals surface area contributed by atoms with E-state index in [2.05, 4.69) is 59.5 Å². The summed E-state index contributed by atoms with van der Waals surface area (Å²) in [6.45, 7) is 4.20. The highest BCUT2D eigenvalue weighted by Gasteiger charge is 2.24. The molecule has 4 heteroatoms. The normalized spacial score (nSPS) is 12.1. The van der Waals surface area contributed by atoms with Gasteiger partial charge in [-0.2, -0.15) is 0 Å². The van der Waals surface area contributed by atoms with Crippen LogP contribution in [0.25, 0.3) is 10.9 Å². The minimum atomic E-state index is -0.213. The molecule has 0 fully saturated rings. The van der Waals surface area contributed by atoms with Crippen LogP contribution in [0.5, 0.6) is 5.75 Å². The molecule has 140 valence electrons. The van der Waals surface area contributed by atoms with E-state index in [0.717, 1.165) is 34.3 Å². The molecule has 0 unspecified atom stereocenters. The molecular formula is C24H24N3O+. The lowest BCUT2D eigenvalue weighted by Gasteiger charge is -2.18. The molecule has 2 heterocycles. The zero-order valence-corrected chi connectivity index (χ0v) is 16.1. The molecule has 0 amide bonds.